The monoisotopic (exact) mass is 523 g/mol. The molecular formula is C28H18BrN3O3. The molecule has 0 atom stereocenters. The number of nitrogens with one attached hydrogen (secondary N) is 1. The molecule has 0 aliphatic carbocycles. The lowest BCUT2D eigenvalue weighted by atomic mass is 9.99. The van der Waals surface area contributed by atoms with E-state index >= 15 is 0 Å². The average molecular weight is 524 g/mol. The van der Waals surface area contributed by atoms with Crippen molar-refractivity contribution in [3.05, 3.63) is 129 Å². The van der Waals surface area contributed by atoms with Gasteiger partial charge in [0.1, 0.15) is 5.82 Å². The molecule has 0 bridgehead atoms. The Morgan fingerprint density at radius 1 is 0.771 bits per heavy atom. The van der Waals surface area contributed by atoms with Gasteiger partial charge in [-0.05, 0) is 34.1 Å². The molecule has 1 aromatic heterocycles. The second-order valence-electron chi connectivity index (χ2n) is 7.87. The molecule has 6 nitrogen and oxygen atoms in total. The lowest BCUT2D eigenvalue weighted by molar-refractivity contribution is -0.385. The Morgan fingerprint density at radius 2 is 1.43 bits per heavy atom. The summed E-state index contributed by atoms with van der Waals surface area (Å²) < 4.78 is 0.397. The number of benzene rings is 4. The highest BCUT2D eigenvalue weighted by atomic mass is 79.9. The highest BCUT2D eigenvalue weighted by Gasteiger charge is 2.19. The molecule has 0 amide bonds. The Kier molecular flexibility index (Phi) is 6.08. The maximum Gasteiger partial charge on any atom is 0.284 e. The molecule has 0 saturated carbocycles. The minimum Gasteiger partial charge on any atom is -0.337 e. The molecular weight excluding hydrogens is 506 g/mol. The van der Waals surface area contributed by atoms with Crippen LogP contribution in [0.15, 0.2) is 108 Å². The van der Waals surface area contributed by atoms with Crippen molar-refractivity contribution in [1.82, 2.24) is 9.97 Å². The smallest absolute Gasteiger partial charge is 0.284 e. The van der Waals surface area contributed by atoms with Gasteiger partial charge in [0, 0.05) is 33.9 Å². The van der Waals surface area contributed by atoms with Gasteiger partial charge >= 0.3 is 0 Å². The first-order chi connectivity index (χ1) is 17.0. The highest BCUT2D eigenvalue weighted by molar-refractivity contribution is 9.10. The van der Waals surface area contributed by atoms with Crippen molar-refractivity contribution in [2.75, 3.05) is 0 Å². The Labute approximate surface area is 209 Å². The number of hydrogen-bond donors (Lipinski definition) is 1. The number of H-pyrrole nitrogens is 1. The molecule has 5 rings (SSSR count). The predicted octanol–water partition coefficient (Wildman–Crippen LogP) is 7.31. The zero-order valence-corrected chi connectivity index (χ0v) is 19.9. The van der Waals surface area contributed by atoms with Crippen molar-refractivity contribution in [3.63, 3.8) is 0 Å². The zero-order chi connectivity index (χ0) is 24.4. The molecule has 1 N–H and O–H groups in total. The maximum absolute atomic E-state index is 13.0. The molecule has 170 valence electrons. The van der Waals surface area contributed by atoms with Gasteiger partial charge < -0.3 is 4.98 Å². The number of nitro benzene ring substituents is 1. The molecule has 0 saturated heterocycles. The fourth-order valence-electron chi connectivity index (χ4n) is 3.90. The topological polar surface area (TPSA) is 88.9 Å². The van der Waals surface area contributed by atoms with Crippen LogP contribution in [0.3, 0.4) is 0 Å². The minimum atomic E-state index is -0.436. The van der Waals surface area contributed by atoms with Crippen LogP contribution in [0.25, 0.3) is 33.9 Å². The number of nitro groups is 1. The molecule has 0 spiro atoms. The van der Waals surface area contributed by atoms with Gasteiger partial charge in [-0.25, -0.2) is 4.98 Å². The summed E-state index contributed by atoms with van der Waals surface area (Å²) in [5, 5.41) is 11.5. The van der Waals surface area contributed by atoms with Crippen molar-refractivity contribution < 1.29 is 9.72 Å². The fraction of sp³-hybridized carbons (Fsp3) is 0. The Morgan fingerprint density at radius 3 is 2.14 bits per heavy atom. The number of aromatic nitrogens is 2. The Bertz CT molecular complexity index is 1550. The fourth-order valence-corrected chi connectivity index (χ4v) is 4.29. The summed E-state index contributed by atoms with van der Waals surface area (Å²) in [6.07, 6.45) is 0. The van der Waals surface area contributed by atoms with Crippen molar-refractivity contribution in [2.24, 2.45) is 0 Å². The summed E-state index contributed by atoms with van der Waals surface area (Å²) in [4.78, 5) is 32.2. The van der Waals surface area contributed by atoms with Crippen LogP contribution in [-0.2, 0) is 0 Å². The van der Waals surface area contributed by atoms with E-state index in [1.54, 1.807) is 30.3 Å². The number of ketones is 1. The Balaban J connectivity index is 1.64. The SMILES string of the molecule is O=C(c1ccccc1)c1cccc(-c2nc(-c3ccc(Br)c([N+](=O)[O-])c3)[nH]c2-c2ccccc2)c1. The highest BCUT2D eigenvalue weighted by Crippen LogP contribution is 2.35. The number of nitrogens with zero attached hydrogens (tertiary/aromatic N) is 2. The first kappa shape index (κ1) is 22.4. The molecule has 0 unspecified atom stereocenters. The number of carbonyl (C=O) groups is 1. The van der Waals surface area contributed by atoms with E-state index in [4.69, 9.17) is 4.98 Å². The van der Waals surface area contributed by atoms with Crippen LogP contribution in [0, 0.1) is 10.1 Å². The third-order valence-electron chi connectivity index (χ3n) is 5.62. The van der Waals surface area contributed by atoms with Crippen LogP contribution in [-0.4, -0.2) is 20.7 Å². The molecule has 4 aromatic carbocycles. The molecule has 7 heteroatoms. The summed E-state index contributed by atoms with van der Waals surface area (Å²) in [6.45, 7) is 0. The average Bonchev–Trinajstić information content (AvgIpc) is 3.35. The summed E-state index contributed by atoms with van der Waals surface area (Å²) in [5.74, 6) is 0.419. The van der Waals surface area contributed by atoms with Gasteiger partial charge in [0.25, 0.3) is 5.69 Å². The number of imidazole rings is 1. The largest absolute Gasteiger partial charge is 0.337 e. The third kappa shape index (κ3) is 4.54. The first-order valence-electron chi connectivity index (χ1n) is 10.8. The van der Waals surface area contributed by atoms with E-state index < -0.39 is 4.92 Å². The van der Waals surface area contributed by atoms with E-state index in [9.17, 15) is 14.9 Å². The summed E-state index contributed by atoms with van der Waals surface area (Å²) >= 11 is 3.23. The molecule has 0 aliphatic heterocycles. The number of hydrogen-bond acceptors (Lipinski definition) is 4. The van der Waals surface area contributed by atoms with E-state index in [-0.39, 0.29) is 11.5 Å². The van der Waals surface area contributed by atoms with Gasteiger partial charge in [0.2, 0.25) is 0 Å². The molecule has 0 aliphatic rings. The van der Waals surface area contributed by atoms with E-state index in [0.717, 1.165) is 16.8 Å². The van der Waals surface area contributed by atoms with E-state index in [1.807, 2.05) is 66.7 Å². The van der Waals surface area contributed by atoms with Crippen molar-refractivity contribution >= 4 is 27.4 Å². The van der Waals surface area contributed by atoms with Crippen LogP contribution in [0.4, 0.5) is 5.69 Å². The first-order valence-corrected chi connectivity index (χ1v) is 11.6. The van der Waals surface area contributed by atoms with Gasteiger partial charge in [-0.3, -0.25) is 14.9 Å². The van der Waals surface area contributed by atoms with Crippen molar-refractivity contribution in [3.8, 4) is 33.9 Å². The zero-order valence-electron chi connectivity index (χ0n) is 18.3. The summed E-state index contributed by atoms with van der Waals surface area (Å²) in [6, 6.07) is 31.1. The lowest BCUT2D eigenvalue weighted by Gasteiger charge is -2.06. The van der Waals surface area contributed by atoms with Gasteiger partial charge in [-0.15, -0.1) is 0 Å². The molecule has 35 heavy (non-hydrogen) atoms. The van der Waals surface area contributed by atoms with E-state index in [0.29, 0.717) is 32.7 Å². The number of aromatic amines is 1. The van der Waals surface area contributed by atoms with Gasteiger partial charge in [-0.2, -0.15) is 0 Å². The maximum atomic E-state index is 13.0. The normalized spacial score (nSPS) is 10.8. The second kappa shape index (κ2) is 9.48. The van der Waals surface area contributed by atoms with Crippen LogP contribution in [0.2, 0.25) is 0 Å². The number of rotatable bonds is 6. The van der Waals surface area contributed by atoms with Crippen LogP contribution in [0.5, 0.6) is 0 Å². The minimum absolute atomic E-state index is 0.0443. The number of carbonyl (C=O) groups excluding carboxylic acids is 1. The second-order valence-corrected chi connectivity index (χ2v) is 8.73. The summed E-state index contributed by atoms with van der Waals surface area (Å²) in [5.41, 5.74) is 4.79. The molecule has 0 fully saturated rings. The van der Waals surface area contributed by atoms with Gasteiger partial charge in [-0.1, -0.05) is 78.9 Å². The van der Waals surface area contributed by atoms with Crippen molar-refractivity contribution in [2.45, 2.75) is 0 Å². The molecule has 1 heterocycles. The van der Waals surface area contributed by atoms with Gasteiger partial charge in [0.15, 0.2) is 5.78 Å². The molecule has 0 radical (unpaired) electrons. The van der Waals surface area contributed by atoms with Crippen LogP contribution >= 0.6 is 15.9 Å². The predicted molar refractivity (Wildman–Crippen MR) is 139 cm³/mol. The standard InChI is InChI=1S/C28H18BrN3O3/c29-23-15-14-22(17-24(23)32(34)35)28-30-25(18-8-3-1-4-9-18)26(31-28)20-12-7-13-21(16-20)27(33)19-10-5-2-6-11-19/h1-17H,(H,30,31). The Hall–Kier alpha value is -4.36. The van der Waals surface area contributed by atoms with E-state index in [1.165, 1.54) is 6.07 Å². The van der Waals surface area contributed by atoms with E-state index in [2.05, 4.69) is 20.9 Å². The summed E-state index contributed by atoms with van der Waals surface area (Å²) in [7, 11) is 0. The lowest BCUT2D eigenvalue weighted by Crippen LogP contribution is -2.01. The van der Waals surface area contributed by atoms with Crippen LogP contribution < -0.4 is 0 Å². The van der Waals surface area contributed by atoms with Crippen LogP contribution in [0.1, 0.15) is 15.9 Å². The van der Waals surface area contributed by atoms with Gasteiger partial charge in [0.05, 0.1) is 20.8 Å². The quantitative estimate of drug-likeness (QED) is 0.143. The molecule has 5 aromatic rings. The number of halogens is 1. The third-order valence-corrected chi connectivity index (χ3v) is 6.29. The van der Waals surface area contributed by atoms with Crippen molar-refractivity contribution in [1.29, 1.82) is 0 Å².